The average Bonchev–Trinajstić information content (AvgIpc) is 3.14. The number of fused-ring (bicyclic) bond motifs is 1. The van der Waals surface area contributed by atoms with Crippen LogP contribution < -0.4 is 0 Å². The number of carbonyl (C=O) groups is 1. The van der Waals surface area contributed by atoms with Crippen molar-refractivity contribution in [1.82, 2.24) is 4.90 Å². The molecule has 0 atom stereocenters. The first-order chi connectivity index (χ1) is 12.5. The second kappa shape index (κ2) is 7.16. The van der Waals surface area contributed by atoms with Crippen molar-refractivity contribution in [1.29, 1.82) is 0 Å². The molecule has 1 saturated carbocycles. The molecule has 26 heavy (non-hydrogen) atoms. The Morgan fingerprint density at radius 2 is 1.96 bits per heavy atom. The summed E-state index contributed by atoms with van der Waals surface area (Å²) in [6.07, 6.45) is 5.18. The van der Waals surface area contributed by atoms with Crippen LogP contribution in [-0.2, 0) is 34.0 Å². The van der Waals surface area contributed by atoms with E-state index in [0.29, 0.717) is 11.4 Å². The van der Waals surface area contributed by atoms with Gasteiger partial charge in [-0.3, -0.25) is 4.79 Å². The van der Waals surface area contributed by atoms with Crippen molar-refractivity contribution >= 4 is 27.1 Å². The highest BCUT2D eigenvalue weighted by molar-refractivity contribution is 7.91. The summed E-state index contributed by atoms with van der Waals surface area (Å²) in [7, 11) is -3.42. The molecule has 0 saturated heterocycles. The van der Waals surface area contributed by atoms with Crippen LogP contribution in [-0.4, -0.2) is 31.0 Å². The average molecular weight is 390 g/mol. The molecule has 6 heteroatoms. The Kier molecular flexibility index (Phi) is 4.88. The van der Waals surface area contributed by atoms with Gasteiger partial charge in [-0.05, 0) is 66.8 Å². The topological polar surface area (TPSA) is 54.5 Å². The van der Waals surface area contributed by atoms with E-state index in [2.05, 4.69) is 0 Å². The molecule has 1 heterocycles. The maximum absolute atomic E-state index is 12.7. The van der Waals surface area contributed by atoms with E-state index in [9.17, 15) is 13.2 Å². The van der Waals surface area contributed by atoms with Gasteiger partial charge in [0.05, 0.1) is 17.2 Å². The number of rotatable bonds is 7. The van der Waals surface area contributed by atoms with Crippen LogP contribution in [0.2, 0.25) is 0 Å². The molecule has 2 aromatic rings. The van der Waals surface area contributed by atoms with Crippen LogP contribution in [0.3, 0.4) is 0 Å². The van der Waals surface area contributed by atoms with Gasteiger partial charge in [0, 0.05) is 17.3 Å². The van der Waals surface area contributed by atoms with E-state index in [1.54, 1.807) is 17.4 Å². The fourth-order valence-corrected chi connectivity index (χ4v) is 5.58. The van der Waals surface area contributed by atoms with Gasteiger partial charge in [-0.1, -0.05) is 12.1 Å². The summed E-state index contributed by atoms with van der Waals surface area (Å²) in [5.41, 5.74) is 2.41. The van der Waals surface area contributed by atoms with E-state index in [1.165, 1.54) is 5.56 Å². The van der Waals surface area contributed by atoms with E-state index in [0.717, 1.165) is 42.5 Å². The lowest BCUT2D eigenvalue weighted by Crippen LogP contribution is -2.33. The molecule has 1 amide bonds. The zero-order valence-corrected chi connectivity index (χ0v) is 16.3. The Hall–Kier alpha value is -1.66. The van der Waals surface area contributed by atoms with Crippen molar-refractivity contribution in [3.63, 3.8) is 0 Å². The third kappa shape index (κ3) is 3.86. The standard InChI is InChI=1S/C20H23NO3S2/c22-20(21(17-7-8-17)14-18-5-2-11-25-18)10-12-26(23,24)19-9-6-15-3-1-4-16(15)13-19/h2,5-6,9,11,13,17H,1,3-4,7-8,10,12,14H2. The van der Waals surface area contributed by atoms with Crippen LogP contribution in [0.5, 0.6) is 0 Å². The number of nitrogens with zero attached hydrogens (tertiary/aromatic N) is 1. The molecule has 1 fully saturated rings. The van der Waals surface area contributed by atoms with Crippen molar-refractivity contribution in [2.45, 2.75) is 56.0 Å². The van der Waals surface area contributed by atoms with E-state index < -0.39 is 9.84 Å². The molecule has 2 aliphatic carbocycles. The minimum atomic E-state index is -3.42. The summed E-state index contributed by atoms with van der Waals surface area (Å²) in [4.78, 5) is 16.1. The molecular weight excluding hydrogens is 366 g/mol. The number of carbonyl (C=O) groups excluding carboxylic acids is 1. The number of hydrogen-bond donors (Lipinski definition) is 0. The number of amides is 1. The Morgan fingerprint density at radius 3 is 2.69 bits per heavy atom. The lowest BCUT2D eigenvalue weighted by atomic mass is 10.1. The normalized spacial score (nSPS) is 16.5. The quantitative estimate of drug-likeness (QED) is 0.727. The Balaban J connectivity index is 1.42. The summed E-state index contributed by atoms with van der Waals surface area (Å²) in [5.74, 6) is -0.163. The summed E-state index contributed by atoms with van der Waals surface area (Å²) in [5, 5.41) is 2.00. The Morgan fingerprint density at radius 1 is 1.15 bits per heavy atom. The minimum absolute atomic E-state index is 0.0503. The predicted molar refractivity (Wildman–Crippen MR) is 103 cm³/mol. The Bertz CT molecular complexity index is 899. The first-order valence-corrected chi connectivity index (χ1v) is 11.7. The molecule has 0 N–H and O–H groups in total. The molecule has 0 radical (unpaired) electrons. The first-order valence-electron chi connectivity index (χ1n) is 9.19. The van der Waals surface area contributed by atoms with Crippen molar-refractivity contribution in [3.8, 4) is 0 Å². The van der Waals surface area contributed by atoms with Gasteiger partial charge in [0.1, 0.15) is 0 Å². The monoisotopic (exact) mass is 389 g/mol. The fraction of sp³-hybridized carbons (Fsp3) is 0.450. The molecule has 0 bridgehead atoms. The maximum atomic E-state index is 12.7. The van der Waals surface area contributed by atoms with Gasteiger partial charge in [0.2, 0.25) is 5.91 Å². The van der Waals surface area contributed by atoms with Crippen LogP contribution in [0.15, 0.2) is 40.6 Å². The molecule has 1 aromatic heterocycles. The van der Waals surface area contributed by atoms with Crippen molar-refractivity contribution in [2.24, 2.45) is 0 Å². The van der Waals surface area contributed by atoms with Crippen LogP contribution >= 0.6 is 11.3 Å². The number of thiophene rings is 1. The van der Waals surface area contributed by atoms with Gasteiger partial charge in [-0.15, -0.1) is 11.3 Å². The lowest BCUT2D eigenvalue weighted by molar-refractivity contribution is -0.131. The van der Waals surface area contributed by atoms with Gasteiger partial charge in [0.15, 0.2) is 9.84 Å². The molecule has 0 unspecified atom stereocenters. The predicted octanol–water partition coefficient (Wildman–Crippen LogP) is 3.59. The van der Waals surface area contributed by atoms with Crippen LogP contribution in [0, 0.1) is 0 Å². The molecule has 0 aliphatic heterocycles. The SMILES string of the molecule is O=C(CCS(=O)(=O)c1ccc2c(c1)CCC2)N(Cc1cccs1)C1CC1. The maximum Gasteiger partial charge on any atom is 0.224 e. The van der Waals surface area contributed by atoms with Crippen LogP contribution in [0.25, 0.3) is 0 Å². The summed E-state index contributed by atoms with van der Waals surface area (Å²) in [6.45, 7) is 0.597. The Labute approximate surface area is 158 Å². The lowest BCUT2D eigenvalue weighted by Gasteiger charge is -2.22. The van der Waals surface area contributed by atoms with E-state index in [4.69, 9.17) is 0 Å². The van der Waals surface area contributed by atoms with Gasteiger partial charge in [0.25, 0.3) is 0 Å². The molecule has 4 rings (SSSR count). The third-order valence-electron chi connectivity index (χ3n) is 5.23. The molecule has 4 nitrogen and oxygen atoms in total. The van der Waals surface area contributed by atoms with Gasteiger partial charge < -0.3 is 4.90 Å². The van der Waals surface area contributed by atoms with Gasteiger partial charge in [-0.2, -0.15) is 0 Å². The summed E-state index contributed by atoms with van der Waals surface area (Å²) < 4.78 is 25.4. The van der Waals surface area contributed by atoms with Gasteiger partial charge >= 0.3 is 0 Å². The fourth-order valence-electron chi connectivity index (χ4n) is 3.60. The van der Waals surface area contributed by atoms with Crippen molar-refractivity contribution in [2.75, 3.05) is 5.75 Å². The van der Waals surface area contributed by atoms with Crippen molar-refractivity contribution in [3.05, 3.63) is 51.7 Å². The molecule has 1 aromatic carbocycles. The minimum Gasteiger partial charge on any atom is -0.335 e. The summed E-state index contributed by atoms with van der Waals surface area (Å²) >= 11 is 1.63. The smallest absolute Gasteiger partial charge is 0.224 e. The zero-order valence-electron chi connectivity index (χ0n) is 14.7. The molecule has 138 valence electrons. The number of benzene rings is 1. The third-order valence-corrected chi connectivity index (χ3v) is 7.80. The van der Waals surface area contributed by atoms with Gasteiger partial charge in [-0.25, -0.2) is 8.42 Å². The highest BCUT2D eigenvalue weighted by atomic mass is 32.2. The first kappa shape index (κ1) is 17.7. The second-order valence-electron chi connectivity index (χ2n) is 7.19. The highest BCUT2D eigenvalue weighted by Gasteiger charge is 2.33. The second-order valence-corrected chi connectivity index (χ2v) is 10.3. The van der Waals surface area contributed by atoms with E-state index in [1.807, 2.05) is 34.5 Å². The summed E-state index contributed by atoms with van der Waals surface area (Å²) in [6, 6.07) is 9.74. The molecule has 0 spiro atoms. The highest BCUT2D eigenvalue weighted by Crippen LogP contribution is 2.30. The molecular formula is C20H23NO3S2. The van der Waals surface area contributed by atoms with Crippen molar-refractivity contribution < 1.29 is 13.2 Å². The molecule has 2 aliphatic rings. The number of sulfone groups is 1. The largest absolute Gasteiger partial charge is 0.335 e. The van der Waals surface area contributed by atoms with Crippen LogP contribution in [0.4, 0.5) is 0 Å². The number of aryl methyl sites for hydroxylation is 2. The zero-order chi connectivity index (χ0) is 18.1. The van der Waals surface area contributed by atoms with E-state index >= 15 is 0 Å². The van der Waals surface area contributed by atoms with E-state index in [-0.39, 0.29) is 24.1 Å². The van der Waals surface area contributed by atoms with Crippen LogP contribution in [0.1, 0.15) is 41.7 Å². The number of hydrogen-bond acceptors (Lipinski definition) is 4.